The molecule has 0 saturated carbocycles. The number of carbonyl (C=O) groups excluding carboxylic acids is 1. The highest BCUT2D eigenvalue weighted by atomic mass is 19.2. The summed E-state index contributed by atoms with van der Waals surface area (Å²) in [6.07, 6.45) is 0. The van der Waals surface area contributed by atoms with Crippen molar-refractivity contribution in [2.45, 2.75) is 20.8 Å². The summed E-state index contributed by atoms with van der Waals surface area (Å²) in [6.45, 7) is 4.29. The second-order valence-corrected chi connectivity index (χ2v) is 3.56. The van der Waals surface area contributed by atoms with Gasteiger partial charge in [0.1, 0.15) is 5.56 Å². The summed E-state index contributed by atoms with van der Waals surface area (Å²) in [4.78, 5) is 11.6. The lowest BCUT2D eigenvalue weighted by Gasteiger charge is -2.15. The van der Waals surface area contributed by atoms with Gasteiger partial charge < -0.3 is 14.2 Å². The molecule has 0 unspecified atom stereocenters. The topological polar surface area (TPSA) is 44.8 Å². The second kappa shape index (κ2) is 7.02. The fraction of sp³-hybridized carbons (Fsp3) is 0.462. The lowest BCUT2D eigenvalue weighted by atomic mass is 10.1. The molecule has 7 heteroatoms. The van der Waals surface area contributed by atoms with Crippen LogP contribution in [0.3, 0.4) is 0 Å². The fourth-order valence-electron chi connectivity index (χ4n) is 1.55. The molecule has 0 bridgehead atoms. The van der Waals surface area contributed by atoms with Crippen molar-refractivity contribution in [3.63, 3.8) is 0 Å². The first-order valence-electron chi connectivity index (χ1n) is 6.12. The summed E-state index contributed by atoms with van der Waals surface area (Å²) < 4.78 is 55.9. The van der Waals surface area contributed by atoms with Crippen LogP contribution >= 0.6 is 0 Å². The SMILES string of the molecule is CCOC(=O)c1c(F)c(F)c(OCC)c(F)c1OCC. The van der Waals surface area contributed by atoms with E-state index < -0.39 is 40.5 Å². The van der Waals surface area contributed by atoms with Crippen molar-refractivity contribution in [2.24, 2.45) is 0 Å². The Morgan fingerprint density at radius 1 is 0.850 bits per heavy atom. The van der Waals surface area contributed by atoms with E-state index in [4.69, 9.17) is 9.47 Å². The molecule has 0 saturated heterocycles. The van der Waals surface area contributed by atoms with E-state index in [-0.39, 0.29) is 19.8 Å². The van der Waals surface area contributed by atoms with Crippen molar-refractivity contribution >= 4 is 5.97 Å². The zero-order valence-corrected chi connectivity index (χ0v) is 11.4. The Hall–Kier alpha value is -1.92. The van der Waals surface area contributed by atoms with Gasteiger partial charge in [0.2, 0.25) is 11.6 Å². The number of halogens is 3. The average molecular weight is 292 g/mol. The van der Waals surface area contributed by atoms with Crippen molar-refractivity contribution < 1.29 is 32.2 Å². The van der Waals surface area contributed by atoms with Gasteiger partial charge in [0, 0.05) is 0 Å². The highest BCUT2D eigenvalue weighted by Crippen LogP contribution is 2.36. The molecule has 0 spiro atoms. The molecule has 20 heavy (non-hydrogen) atoms. The molecule has 4 nitrogen and oxygen atoms in total. The lowest BCUT2D eigenvalue weighted by Crippen LogP contribution is -2.15. The molecule has 0 heterocycles. The zero-order chi connectivity index (χ0) is 15.3. The third-order valence-electron chi connectivity index (χ3n) is 2.29. The summed E-state index contributed by atoms with van der Waals surface area (Å²) in [7, 11) is 0. The minimum Gasteiger partial charge on any atom is -0.490 e. The maximum atomic E-state index is 14.1. The van der Waals surface area contributed by atoms with E-state index in [1.165, 1.54) is 20.8 Å². The van der Waals surface area contributed by atoms with Crippen LogP contribution < -0.4 is 9.47 Å². The molecule has 0 aromatic heterocycles. The van der Waals surface area contributed by atoms with E-state index in [2.05, 4.69) is 4.74 Å². The molecule has 0 N–H and O–H groups in total. The minimum atomic E-state index is -1.59. The summed E-state index contributed by atoms with van der Waals surface area (Å²) in [5.74, 6) is -7.24. The standard InChI is InChI=1S/C13H15F3O4/c1-4-18-11-7(13(17)20-6-3)8(14)9(15)12(10(11)16)19-5-2/h4-6H2,1-3H3. The number of carbonyl (C=O) groups is 1. The average Bonchev–Trinajstić information content (AvgIpc) is 2.41. The Morgan fingerprint density at radius 3 is 1.90 bits per heavy atom. The van der Waals surface area contributed by atoms with Gasteiger partial charge in [-0.2, -0.15) is 8.78 Å². The van der Waals surface area contributed by atoms with Gasteiger partial charge in [0.15, 0.2) is 17.3 Å². The maximum absolute atomic E-state index is 14.1. The zero-order valence-electron chi connectivity index (χ0n) is 11.4. The summed E-state index contributed by atoms with van der Waals surface area (Å²) in [5, 5.41) is 0. The largest absolute Gasteiger partial charge is 0.490 e. The molecule has 1 rings (SSSR count). The van der Waals surface area contributed by atoms with Gasteiger partial charge in [-0.1, -0.05) is 0 Å². The predicted octanol–water partition coefficient (Wildman–Crippen LogP) is 3.08. The number of esters is 1. The van der Waals surface area contributed by atoms with Gasteiger partial charge in [-0.3, -0.25) is 0 Å². The minimum absolute atomic E-state index is 0.0417. The van der Waals surface area contributed by atoms with Crippen LogP contribution in [0.25, 0.3) is 0 Å². The highest BCUT2D eigenvalue weighted by molar-refractivity contribution is 5.93. The van der Waals surface area contributed by atoms with Crippen LogP contribution in [0.2, 0.25) is 0 Å². The van der Waals surface area contributed by atoms with E-state index in [0.29, 0.717) is 0 Å². The molecule has 0 aliphatic rings. The highest BCUT2D eigenvalue weighted by Gasteiger charge is 2.31. The third-order valence-corrected chi connectivity index (χ3v) is 2.29. The van der Waals surface area contributed by atoms with Crippen LogP contribution in [0.4, 0.5) is 13.2 Å². The van der Waals surface area contributed by atoms with Crippen molar-refractivity contribution in [3.05, 3.63) is 23.0 Å². The molecule has 0 amide bonds. The number of rotatable bonds is 6. The van der Waals surface area contributed by atoms with Gasteiger partial charge >= 0.3 is 5.97 Å². The Bertz CT molecular complexity index is 503. The molecule has 0 aliphatic carbocycles. The summed E-state index contributed by atoms with van der Waals surface area (Å²) in [5.41, 5.74) is -0.910. The van der Waals surface area contributed by atoms with Crippen LogP contribution in [0.5, 0.6) is 11.5 Å². The first-order chi connectivity index (χ1) is 9.49. The number of benzene rings is 1. The number of hydrogen-bond donors (Lipinski definition) is 0. The molecule has 0 aliphatic heterocycles. The van der Waals surface area contributed by atoms with E-state index in [1.54, 1.807) is 0 Å². The van der Waals surface area contributed by atoms with Crippen LogP contribution in [-0.4, -0.2) is 25.8 Å². The monoisotopic (exact) mass is 292 g/mol. The molecule has 0 fully saturated rings. The summed E-state index contributed by atoms with van der Waals surface area (Å²) in [6, 6.07) is 0. The quantitative estimate of drug-likeness (QED) is 0.597. The van der Waals surface area contributed by atoms with Gasteiger partial charge in [-0.05, 0) is 20.8 Å². The van der Waals surface area contributed by atoms with Crippen LogP contribution in [0.15, 0.2) is 0 Å². The Morgan fingerprint density at radius 2 is 1.40 bits per heavy atom. The summed E-state index contributed by atoms with van der Waals surface area (Å²) >= 11 is 0. The molecule has 1 aromatic rings. The second-order valence-electron chi connectivity index (χ2n) is 3.56. The molecular weight excluding hydrogens is 277 g/mol. The van der Waals surface area contributed by atoms with E-state index in [1.807, 2.05) is 0 Å². The van der Waals surface area contributed by atoms with Crippen molar-refractivity contribution in [3.8, 4) is 11.5 Å². The lowest BCUT2D eigenvalue weighted by molar-refractivity contribution is 0.0513. The van der Waals surface area contributed by atoms with Crippen molar-refractivity contribution in [1.29, 1.82) is 0 Å². The van der Waals surface area contributed by atoms with Crippen LogP contribution in [0.1, 0.15) is 31.1 Å². The number of hydrogen-bond acceptors (Lipinski definition) is 4. The van der Waals surface area contributed by atoms with Gasteiger partial charge in [-0.15, -0.1) is 0 Å². The van der Waals surface area contributed by atoms with Gasteiger partial charge in [-0.25, -0.2) is 9.18 Å². The smallest absolute Gasteiger partial charge is 0.345 e. The molecule has 1 aromatic carbocycles. The number of ether oxygens (including phenoxy) is 3. The molecule has 112 valence electrons. The maximum Gasteiger partial charge on any atom is 0.345 e. The molecule has 0 atom stereocenters. The molecule has 0 radical (unpaired) electrons. The van der Waals surface area contributed by atoms with E-state index in [9.17, 15) is 18.0 Å². The first-order valence-corrected chi connectivity index (χ1v) is 6.12. The molecular formula is C13H15F3O4. The first kappa shape index (κ1) is 16.1. The van der Waals surface area contributed by atoms with Crippen LogP contribution in [-0.2, 0) is 4.74 Å². The third kappa shape index (κ3) is 2.97. The van der Waals surface area contributed by atoms with Gasteiger partial charge in [0.25, 0.3) is 0 Å². The van der Waals surface area contributed by atoms with Crippen molar-refractivity contribution in [1.82, 2.24) is 0 Å². The Balaban J connectivity index is 3.52. The Labute approximate surface area is 114 Å². The van der Waals surface area contributed by atoms with E-state index in [0.717, 1.165) is 0 Å². The predicted molar refractivity (Wildman–Crippen MR) is 64.6 cm³/mol. The van der Waals surface area contributed by atoms with E-state index >= 15 is 0 Å². The van der Waals surface area contributed by atoms with Crippen LogP contribution in [0, 0.1) is 17.5 Å². The fourth-order valence-corrected chi connectivity index (χ4v) is 1.55. The normalized spacial score (nSPS) is 10.3. The Kier molecular flexibility index (Phi) is 5.66. The van der Waals surface area contributed by atoms with Crippen molar-refractivity contribution in [2.75, 3.05) is 19.8 Å². The van der Waals surface area contributed by atoms with Gasteiger partial charge in [0.05, 0.1) is 19.8 Å².